The average Bonchev–Trinajstić information content (AvgIpc) is 2.74. The molecule has 0 bridgehead atoms. The number of benzene rings is 1. The van der Waals surface area contributed by atoms with Crippen molar-refractivity contribution in [2.45, 2.75) is 39.7 Å². The van der Waals surface area contributed by atoms with Crippen molar-refractivity contribution >= 4 is 15.9 Å². The van der Waals surface area contributed by atoms with Crippen LogP contribution in [-0.4, -0.2) is 16.2 Å². The first-order valence-corrected chi connectivity index (χ1v) is 7.57. The van der Waals surface area contributed by atoms with Crippen molar-refractivity contribution in [3.05, 3.63) is 34.4 Å². The number of nitrogens with two attached hydrogens (primary N) is 1. The Hall–Kier alpha value is -1.27. The second-order valence-electron chi connectivity index (χ2n) is 6.36. The van der Waals surface area contributed by atoms with Gasteiger partial charge < -0.3 is 10.3 Å². The van der Waals surface area contributed by atoms with Crippen LogP contribution >= 0.6 is 15.9 Å². The summed E-state index contributed by atoms with van der Waals surface area (Å²) in [7, 11) is 0. The van der Waals surface area contributed by atoms with Gasteiger partial charge in [0.15, 0.2) is 0 Å². The highest BCUT2D eigenvalue weighted by molar-refractivity contribution is 9.10. The Kier molecular flexibility index (Phi) is 4.78. The molecule has 0 aliphatic heterocycles. The molecule has 1 atom stereocenters. The lowest BCUT2D eigenvalue weighted by molar-refractivity contribution is 0.313. The molecule has 4 nitrogen and oxygen atoms in total. The maximum absolute atomic E-state index is 13.1. The molecule has 0 aliphatic rings. The molecule has 1 aromatic heterocycles. The van der Waals surface area contributed by atoms with Gasteiger partial charge in [-0.1, -0.05) is 25.9 Å². The van der Waals surface area contributed by atoms with E-state index in [-0.39, 0.29) is 17.3 Å². The maximum Gasteiger partial charge on any atom is 0.228 e. The summed E-state index contributed by atoms with van der Waals surface area (Å²) in [5.41, 5.74) is 6.95. The summed E-state index contributed by atoms with van der Waals surface area (Å²) in [5, 5.41) is 3.93. The molecule has 2 rings (SSSR count). The van der Waals surface area contributed by atoms with E-state index in [1.54, 1.807) is 6.07 Å². The molecule has 1 unspecified atom stereocenters. The van der Waals surface area contributed by atoms with E-state index in [1.165, 1.54) is 12.1 Å². The highest BCUT2D eigenvalue weighted by Crippen LogP contribution is 2.27. The van der Waals surface area contributed by atoms with Crippen molar-refractivity contribution in [2.24, 2.45) is 11.1 Å². The first-order valence-electron chi connectivity index (χ1n) is 6.78. The normalized spacial score (nSPS) is 13.4. The third kappa shape index (κ3) is 4.61. The molecule has 0 radical (unpaired) electrons. The first kappa shape index (κ1) is 16.1. The smallest absolute Gasteiger partial charge is 0.228 e. The summed E-state index contributed by atoms with van der Waals surface area (Å²) in [5.74, 6) is 0.611. The summed E-state index contributed by atoms with van der Waals surface area (Å²) < 4.78 is 18.9. The molecule has 6 heteroatoms. The van der Waals surface area contributed by atoms with Crippen LogP contribution in [0.25, 0.3) is 11.4 Å². The fourth-order valence-electron chi connectivity index (χ4n) is 2.20. The quantitative estimate of drug-likeness (QED) is 0.901. The molecule has 0 saturated carbocycles. The number of hydrogen-bond acceptors (Lipinski definition) is 4. The van der Waals surface area contributed by atoms with Gasteiger partial charge in [0.1, 0.15) is 5.82 Å². The summed E-state index contributed by atoms with van der Waals surface area (Å²) >= 11 is 3.30. The van der Waals surface area contributed by atoms with Gasteiger partial charge in [0, 0.05) is 22.5 Å². The zero-order chi connectivity index (χ0) is 15.6. The summed E-state index contributed by atoms with van der Waals surface area (Å²) in [6, 6.07) is 4.32. The monoisotopic (exact) mass is 355 g/mol. The Balaban J connectivity index is 2.11. The molecular formula is C15H19BrFN3O. The van der Waals surface area contributed by atoms with Gasteiger partial charge in [-0.2, -0.15) is 4.98 Å². The molecule has 2 N–H and O–H groups in total. The fraction of sp³-hybridized carbons (Fsp3) is 0.467. The van der Waals surface area contributed by atoms with Gasteiger partial charge in [0.2, 0.25) is 11.7 Å². The first-order chi connectivity index (χ1) is 9.74. The predicted molar refractivity (Wildman–Crippen MR) is 83.1 cm³/mol. The minimum absolute atomic E-state index is 0.0324. The zero-order valence-electron chi connectivity index (χ0n) is 12.4. The summed E-state index contributed by atoms with van der Waals surface area (Å²) in [6.45, 7) is 6.42. The van der Waals surface area contributed by atoms with Crippen molar-refractivity contribution in [2.75, 3.05) is 0 Å². The third-order valence-corrected chi connectivity index (χ3v) is 3.61. The molecule has 0 amide bonds. The lowest BCUT2D eigenvalue weighted by Gasteiger charge is -2.21. The predicted octanol–water partition coefficient (Wildman–Crippen LogP) is 3.94. The van der Waals surface area contributed by atoms with E-state index in [0.29, 0.717) is 28.2 Å². The van der Waals surface area contributed by atoms with Crippen molar-refractivity contribution in [3.8, 4) is 11.4 Å². The van der Waals surface area contributed by atoms with Crippen LogP contribution in [0.1, 0.15) is 33.1 Å². The lowest BCUT2D eigenvalue weighted by atomic mass is 9.87. The Morgan fingerprint density at radius 2 is 2.10 bits per heavy atom. The SMILES string of the molecule is CC(C)(C)CC(N)Cc1nc(-c2ccc(F)cc2Br)no1. The number of nitrogens with zero attached hydrogens (tertiary/aromatic N) is 2. The van der Waals surface area contributed by atoms with Gasteiger partial charge in [-0.05, 0) is 46.0 Å². The fourth-order valence-corrected chi connectivity index (χ4v) is 2.73. The standard InChI is InChI=1S/C15H19BrFN3O/c1-15(2,3)8-10(18)7-13-19-14(20-21-13)11-5-4-9(17)6-12(11)16/h4-6,10H,7-8,18H2,1-3H3. The summed E-state index contributed by atoms with van der Waals surface area (Å²) in [4.78, 5) is 4.33. The average molecular weight is 356 g/mol. The molecule has 0 fully saturated rings. The molecule has 21 heavy (non-hydrogen) atoms. The Morgan fingerprint density at radius 1 is 1.38 bits per heavy atom. The molecule has 0 saturated heterocycles. The van der Waals surface area contributed by atoms with Crippen molar-refractivity contribution in [1.29, 1.82) is 0 Å². The molecule has 0 spiro atoms. The summed E-state index contributed by atoms with van der Waals surface area (Å²) in [6.07, 6.45) is 1.40. The zero-order valence-corrected chi connectivity index (χ0v) is 13.9. The van der Waals surface area contributed by atoms with Crippen LogP contribution in [0, 0.1) is 11.2 Å². The van der Waals surface area contributed by atoms with E-state index in [9.17, 15) is 4.39 Å². The Labute approximate surface area is 132 Å². The minimum Gasteiger partial charge on any atom is -0.339 e. The Morgan fingerprint density at radius 3 is 2.71 bits per heavy atom. The molecular weight excluding hydrogens is 337 g/mol. The van der Waals surface area contributed by atoms with Crippen molar-refractivity contribution in [1.82, 2.24) is 10.1 Å². The van der Waals surface area contributed by atoms with Crippen LogP contribution < -0.4 is 5.73 Å². The second kappa shape index (κ2) is 6.23. The van der Waals surface area contributed by atoms with Gasteiger partial charge in [-0.15, -0.1) is 0 Å². The highest BCUT2D eigenvalue weighted by atomic mass is 79.9. The van der Waals surface area contributed by atoms with E-state index >= 15 is 0 Å². The van der Waals surface area contributed by atoms with Gasteiger partial charge in [0.25, 0.3) is 0 Å². The number of aromatic nitrogens is 2. The van der Waals surface area contributed by atoms with Crippen LogP contribution in [0.2, 0.25) is 0 Å². The number of hydrogen-bond donors (Lipinski definition) is 1. The van der Waals surface area contributed by atoms with E-state index in [1.807, 2.05) is 0 Å². The Bertz CT molecular complexity index is 622. The van der Waals surface area contributed by atoms with Crippen LogP contribution in [0.15, 0.2) is 27.2 Å². The van der Waals surface area contributed by atoms with Crippen LogP contribution in [0.5, 0.6) is 0 Å². The van der Waals surface area contributed by atoms with Crippen LogP contribution in [0.4, 0.5) is 4.39 Å². The van der Waals surface area contributed by atoms with E-state index in [2.05, 4.69) is 46.8 Å². The van der Waals surface area contributed by atoms with E-state index in [4.69, 9.17) is 10.3 Å². The van der Waals surface area contributed by atoms with Crippen LogP contribution in [0.3, 0.4) is 0 Å². The largest absolute Gasteiger partial charge is 0.339 e. The van der Waals surface area contributed by atoms with Crippen molar-refractivity contribution in [3.63, 3.8) is 0 Å². The number of rotatable bonds is 4. The van der Waals surface area contributed by atoms with Gasteiger partial charge in [-0.25, -0.2) is 4.39 Å². The maximum atomic E-state index is 13.1. The third-order valence-electron chi connectivity index (χ3n) is 2.95. The number of halogens is 2. The van der Waals surface area contributed by atoms with Gasteiger partial charge in [0.05, 0.1) is 0 Å². The second-order valence-corrected chi connectivity index (χ2v) is 7.22. The van der Waals surface area contributed by atoms with Gasteiger partial charge in [-0.3, -0.25) is 0 Å². The van der Waals surface area contributed by atoms with Gasteiger partial charge >= 0.3 is 0 Å². The molecule has 2 aromatic rings. The molecule has 1 aromatic carbocycles. The molecule has 114 valence electrons. The van der Waals surface area contributed by atoms with E-state index < -0.39 is 0 Å². The molecule has 1 heterocycles. The molecule has 0 aliphatic carbocycles. The van der Waals surface area contributed by atoms with Crippen molar-refractivity contribution < 1.29 is 8.91 Å². The topological polar surface area (TPSA) is 64.9 Å². The highest BCUT2D eigenvalue weighted by Gasteiger charge is 2.19. The lowest BCUT2D eigenvalue weighted by Crippen LogP contribution is -2.28. The van der Waals surface area contributed by atoms with Crippen LogP contribution in [-0.2, 0) is 6.42 Å². The minimum atomic E-state index is -0.318. The van der Waals surface area contributed by atoms with E-state index in [0.717, 1.165) is 6.42 Å².